The number of ketones is 2. The Kier molecular flexibility index (Phi) is 8.18. The standard InChI is InChI=1S/C34H35NO7S/c1-18-4-13-26-25(16-18)17-29(40-26)32-35-30-27(41-33(38)23-9-5-21(6-10-23)19(2)36)14-15-28(31(30)43-32)42-34(39)24-11-7-22(8-12-24)20(3)37/h4,13-17,21-24H,5-12H2,1-3H3. The summed E-state index contributed by atoms with van der Waals surface area (Å²) in [5.41, 5.74) is 2.27. The maximum Gasteiger partial charge on any atom is 0.314 e. The zero-order chi connectivity index (χ0) is 30.2. The molecule has 0 bridgehead atoms. The third-order valence-corrected chi connectivity index (χ3v) is 10.1. The van der Waals surface area contributed by atoms with Gasteiger partial charge in [-0.15, -0.1) is 11.3 Å². The molecular weight excluding hydrogens is 566 g/mol. The lowest BCUT2D eigenvalue weighted by atomic mass is 9.80. The second kappa shape index (κ2) is 12.0. The molecule has 0 aliphatic heterocycles. The van der Waals surface area contributed by atoms with Crippen LogP contribution in [0.3, 0.4) is 0 Å². The average molecular weight is 602 g/mol. The number of esters is 2. The number of fused-ring (bicyclic) bond motifs is 2. The summed E-state index contributed by atoms with van der Waals surface area (Å²) in [6.07, 6.45) is 5.16. The number of carbonyl (C=O) groups is 4. The molecule has 0 spiro atoms. The minimum absolute atomic E-state index is 0.0101. The number of aryl methyl sites for hydroxylation is 1. The van der Waals surface area contributed by atoms with E-state index in [1.165, 1.54) is 11.3 Å². The molecule has 0 saturated heterocycles. The Morgan fingerprint density at radius 3 is 1.86 bits per heavy atom. The summed E-state index contributed by atoms with van der Waals surface area (Å²) in [5, 5.41) is 1.53. The van der Waals surface area contributed by atoms with Crippen LogP contribution in [0.1, 0.15) is 70.8 Å². The summed E-state index contributed by atoms with van der Waals surface area (Å²) in [6, 6.07) is 11.2. The number of thiazole rings is 1. The number of benzene rings is 2. The van der Waals surface area contributed by atoms with E-state index < -0.39 is 0 Å². The van der Waals surface area contributed by atoms with Gasteiger partial charge in [0.25, 0.3) is 0 Å². The van der Waals surface area contributed by atoms with Crippen molar-refractivity contribution in [1.82, 2.24) is 4.98 Å². The normalized spacial score (nSPS) is 22.4. The first kappa shape index (κ1) is 29.2. The van der Waals surface area contributed by atoms with Crippen LogP contribution in [-0.2, 0) is 19.2 Å². The van der Waals surface area contributed by atoms with E-state index in [2.05, 4.69) is 0 Å². The van der Waals surface area contributed by atoms with Crippen LogP contribution in [0.25, 0.3) is 32.0 Å². The highest BCUT2D eigenvalue weighted by Crippen LogP contribution is 2.43. The number of furan rings is 1. The summed E-state index contributed by atoms with van der Waals surface area (Å²) in [4.78, 5) is 54.8. The first-order chi connectivity index (χ1) is 20.7. The van der Waals surface area contributed by atoms with E-state index in [0.29, 0.717) is 83.9 Å². The monoisotopic (exact) mass is 601 g/mol. The van der Waals surface area contributed by atoms with Crippen molar-refractivity contribution in [1.29, 1.82) is 0 Å². The number of ether oxygens (including phenoxy) is 2. The molecule has 0 N–H and O–H groups in total. The van der Waals surface area contributed by atoms with Gasteiger partial charge in [0.2, 0.25) is 0 Å². The van der Waals surface area contributed by atoms with Crippen LogP contribution in [0, 0.1) is 30.6 Å². The Hall–Kier alpha value is -3.85. The lowest BCUT2D eigenvalue weighted by molar-refractivity contribution is -0.141. The highest BCUT2D eigenvalue weighted by molar-refractivity contribution is 7.22. The lowest BCUT2D eigenvalue weighted by Gasteiger charge is -2.25. The van der Waals surface area contributed by atoms with E-state index in [9.17, 15) is 19.2 Å². The Balaban J connectivity index is 1.29. The fourth-order valence-electron chi connectivity index (χ4n) is 6.35. The second-order valence-corrected chi connectivity index (χ2v) is 13.1. The largest absolute Gasteiger partial charge is 0.454 e. The fourth-order valence-corrected chi connectivity index (χ4v) is 7.34. The fraction of sp³-hybridized carbons (Fsp3) is 0.441. The van der Waals surface area contributed by atoms with Crippen molar-refractivity contribution in [2.75, 3.05) is 0 Å². The summed E-state index contributed by atoms with van der Waals surface area (Å²) >= 11 is 1.31. The van der Waals surface area contributed by atoms with Gasteiger partial charge in [-0.1, -0.05) is 11.6 Å². The summed E-state index contributed by atoms with van der Waals surface area (Å²) in [6.45, 7) is 5.23. The van der Waals surface area contributed by atoms with Gasteiger partial charge < -0.3 is 13.9 Å². The van der Waals surface area contributed by atoms with Gasteiger partial charge in [0.05, 0.1) is 11.8 Å². The summed E-state index contributed by atoms with van der Waals surface area (Å²) < 4.78 is 18.5. The molecule has 2 aromatic heterocycles. The molecule has 0 radical (unpaired) electrons. The molecule has 2 aliphatic rings. The molecule has 9 heteroatoms. The van der Waals surface area contributed by atoms with Crippen LogP contribution in [-0.4, -0.2) is 28.5 Å². The van der Waals surface area contributed by atoms with Crippen LogP contribution in [0.5, 0.6) is 11.5 Å². The van der Waals surface area contributed by atoms with Gasteiger partial charge in [-0.3, -0.25) is 19.2 Å². The van der Waals surface area contributed by atoms with Crippen molar-refractivity contribution in [2.45, 2.75) is 72.1 Å². The van der Waals surface area contributed by atoms with Crippen LogP contribution >= 0.6 is 11.3 Å². The molecule has 2 aliphatic carbocycles. The van der Waals surface area contributed by atoms with Gasteiger partial charge in [-0.05, 0) is 102 Å². The Bertz CT molecular complexity index is 1630. The van der Waals surface area contributed by atoms with E-state index in [0.717, 1.165) is 16.5 Å². The van der Waals surface area contributed by atoms with Crippen molar-refractivity contribution < 1.29 is 33.1 Å². The number of rotatable bonds is 7. The average Bonchev–Trinajstić information content (AvgIpc) is 3.63. The van der Waals surface area contributed by atoms with E-state index >= 15 is 0 Å². The molecule has 0 unspecified atom stereocenters. The molecule has 2 saturated carbocycles. The Morgan fingerprint density at radius 1 is 0.744 bits per heavy atom. The van der Waals surface area contributed by atoms with Crippen LogP contribution in [0.2, 0.25) is 0 Å². The zero-order valence-electron chi connectivity index (χ0n) is 24.6. The first-order valence-electron chi connectivity index (χ1n) is 15.0. The van der Waals surface area contributed by atoms with Gasteiger partial charge in [0, 0.05) is 17.2 Å². The molecule has 2 fully saturated rings. The summed E-state index contributed by atoms with van der Waals surface area (Å²) in [7, 11) is 0. The van der Waals surface area contributed by atoms with E-state index in [-0.39, 0.29) is 47.2 Å². The van der Waals surface area contributed by atoms with Crippen molar-refractivity contribution in [3.63, 3.8) is 0 Å². The predicted octanol–water partition coefficient (Wildman–Crippen LogP) is 7.62. The predicted molar refractivity (Wildman–Crippen MR) is 163 cm³/mol. The Labute approximate surface area is 253 Å². The van der Waals surface area contributed by atoms with Gasteiger partial charge in [0.1, 0.15) is 27.4 Å². The SMILES string of the molecule is CC(=O)C1CCC(C(=O)Oc2ccc(OC(=O)C3CCC(C(C)=O)CC3)c3sc(-c4cc5cc(C)ccc5o4)nc23)CC1. The van der Waals surface area contributed by atoms with Crippen molar-refractivity contribution in [3.8, 4) is 22.3 Å². The first-order valence-corrected chi connectivity index (χ1v) is 15.9. The number of hydrogen-bond acceptors (Lipinski definition) is 9. The smallest absolute Gasteiger partial charge is 0.314 e. The topological polar surface area (TPSA) is 113 Å². The second-order valence-electron chi connectivity index (χ2n) is 12.1. The van der Waals surface area contributed by atoms with Gasteiger partial charge in [-0.2, -0.15) is 0 Å². The van der Waals surface area contributed by atoms with E-state index in [1.807, 2.05) is 31.2 Å². The van der Waals surface area contributed by atoms with E-state index in [1.54, 1.807) is 26.0 Å². The quantitative estimate of drug-likeness (QED) is 0.157. The molecule has 43 heavy (non-hydrogen) atoms. The number of aromatic nitrogens is 1. The number of hydrogen-bond donors (Lipinski definition) is 0. The minimum atomic E-state index is -0.343. The Morgan fingerprint density at radius 2 is 1.28 bits per heavy atom. The van der Waals surface area contributed by atoms with E-state index in [4.69, 9.17) is 18.9 Å². The van der Waals surface area contributed by atoms with Crippen LogP contribution < -0.4 is 9.47 Å². The molecule has 0 amide bonds. The van der Waals surface area contributed by atoms with Crippen molar-refractivity contribution in [3.05, 3.63) is 42.0 Å². The third kappa shape index (κ3) is 6.13. The van der Waals surface area contributed by atoms with Gasteiger partial charge in [-0.25, -0.2) is 4.98 Å². The molecule has 224 valence electrons. The minimum Gasteiger partial charge on any atom is -0.454 e. The number of Topliss-reactive ketones (excluding diaryl/α,β-unsaturated/α-hetero) is 2. The summed E-state index contributed by atoms with van der Waals surface area (Å²) in [5.74, 6) is 0.343. The van der Waals surface area contributed by atoms with Crippen molar-refractivity contribution in [2.24, 2.45) is 23.7 Å². The molecule has 4 aromatic rings. The van der Waals surface area contributed by atoms with Crippen molar-refractivity contribution >= 4 is 56.0 Å². The number of carbonyl (C=O) groups excluding carboxylic acids is 4. The lowest BCUT2D eigenvalue weighted by Crippen LogP contribution is -2.28. The molecule has 0 atom stereocenters. The van der Waals surface area contributed by atoms with Gasteiger partial charge >= 0.3 is 11.9 Å². The molecule has 2 heterocycles. The maximum atomic E-state index is 13.2. The van der Waals surface area contributed by atoms with Crippen LogP contribution in [0.15, 0.2) is 40.8 Å². The molecule has 2 aromatic carbocycles. The molecule has 6 rings (SSSR count). The zero-order valence-corrected chi connectivity index (χ0v) is 25.5. The third-order valence-electron chi connectivity index (χ3n) is 9.04. The van der Waals surface area contributed by atoms with Crippen LogP contribution in [0.4, 0.5) is 0 Å². The highest BCUT2D eigenvalue weighted by Gasteiger charge is 2.32. The molecular formula is C34H35NO7S. The number of nitrogens with zero attached hydrogens (tertiary/aromatic N) is 1. The van der Waals surface area contributed by atoms with Gasteiger partial charge in [0.15, 0.2) is 22.3 Å². The molecule has 8 nitrogen and oxygen atoms in total. The highest BCUT2D eigenvalue weighted by atomic mass is 32.1. The maximum absolute atomic E-state index is 13.2.